The van der Waals surface area contributed by atoms with Gasteiger partial charge in [-0.05, 0) is 32.7 Å². The van der Waals surface area contributed by atoms with Crippen LogP contribution >= 0.6 is 0 Å². The fourth-order valence-corrected chi connectivity index (χ4v) is 2.24. The molecule has 158 valence electrons. The number of carboxylic acid groups (broad SMARTS) is 1. The Morgan fingerprint density at radius 1 is 1.18 bits per heavy atom. The maximum atomic E-state index is 12.2. The first-order chi connectivity index (χ1) is 13.1. The zero-order valence-electron chi connectivity index (χ0n) is 15.5. The number of hydrogen-bond acceptors (Lipinski definition) is 9. The number of aliphatic carboxylic acids is 1. The Kier molecular flexibility index (Phi) is 9.27. The molecule has 0 radical (unpaired) electrons. The van der Waals surface area contributed by atoms with Crippen molar-refractivity contribution in [3.05, 3.63) is 11.8 Å². The summed E-state index contributed by atoms with van der Waals surface area (Å²) in [6.45, 7) is 1.84. The highest BCUT2D eigenvalue weighted by atomic mass is 16.4. The second-order valence-electron chi connectivity index (χ2n) is 6.26. The second kappa shape index (κ2) is 11.2. The molecule has 1 aromatic heterocycles. The van der Waals surface area contributed by atoms with Crippen molar-refractivity contribution in [2.45, 2.75) is 56.8 Å². The standard InChI is InChI=1S/C15H27N7O6/c1-7(23)11(18)13-22-21-12(28-13)9(6-10(17)24)20-15(27)19-8(14(25)26)4-2-3-5-16/h7-9,11,23H,2-6,16,18H2,1H3,(H2,17,24)(H,25,26)(H2,19,20,27)/t7?,8-,9-,11-/m0/s1. The molecule has 0 spiro atoms. The number of carbonyl (C=O) groups is 3. The molecule has 1 unspecified atom stereocenters. The lowest BCUT2D eigenvalue weighted by Crippen LogP contribution is -2.47. The molecule has 1 heterocycles. The zero-order valence-corrected chi connectivity index (χ0v) is 15.5. The lowest BCUT2D eigenvalue weighted by molar-refractivity contribution is -0.139. The number of unbranched alkanes of at least 4 members (excludes halogenated alkanes) is 1. The quantitative estimate of drug-likeness (QED) is 0.195. The minimum absolute atomic E-state index is 0.0909. The van der Waals surface area contributed by atoms with Crippen LogP contribution in [0.1, 0.15) is 56.5 Å². The van der Waals surface area contributed by atoms with Crippen molar-refractivity contribution in [1.29, 1.82) is 0 Å². The van der Waals surface area contributed by atoms with E-state index in [2.05, 4.69) is 20.8 Å². The SMILES string of the molecule is CC(O)[C@H](N)c1nnc([C@H](CC(N)=O)NC(=O)N[C@@H](CCCCN)C(=O)O)o1. The molecular formula is C15H27N7O6. The van der Waals surface area contributed by atoms with Crippen molar-refractivity contribution in [1.82, 2.24) is 20.8 Å². The molecule has 0 aliphatic heterocycles. The fraction of sp³-hybridized carbons (Fsp3) is 0.667. The summed E-state index contributed by atoms with van der Waals surface area (Å²) in [4.78, 5) is 34.8. The molecule has 0 saturated carbocycles. The number of aliphatic hydroxyl groups excluding tert-OH is 1. The zero-order chi connectivity index (χ0) is 21.3. The van der Waals surface area contributed by atoms with Gasteiger partial charge in [-0.25, -0.2) is 9.59 Å². The Labute approximate surface area is 161 Å². The Morgan fingerprint density at radius 2 is 1.82 bits per heavy atom. The van der Waals surface area contributed by atoms with Crippen molar-refractivity contribution in [3.8, 4) is 0 Å². The molecule has 1 aromatic rings. The van der Waals surface area contributed by atoms with Crippen LogP contribution in [0.5, 0.6) is 0 Å². The Balaban J connectivity index is 2.83. The second-order valence-corrected chi connectivity index (χ2v) is 6.26. The van der Waals surface area contributed by atoms with E-state index in [-0.39, 0.29) is 24.6 Å². The van der Waals surface area contributed by atoms with Crippen molar-refractivity contribution >= 4 is 17.9 Å². The van der Waals surface area contributed by atoms with Crippen LogP contribution in [0.4, 0.5) is 4.79 Å². The monoisotopic (exact) mass is 401 g/mol. The number of aromatic nitrogens is 2. The van der Waals surface area contributed by atoms with Gasteiger partial charge in [0.15, 0.2) is 0 Å². The molecule has 0 bridgehead atoms. The predicted octanol–water partition coefficient (Wildman–Crippen LogP) is -1.75. The highest BCUT2D eigenvalue weighted by molar-refractivity contribution is 5.83. The minimum atomic E-state index is -1.21. The fourth-order valence-electron chi connectivity index (χ4n) is 2.24. The predicted molar refractivity (Wildman–Crippen MR) is 95.5 cm³/mol. The third-order valence-electron chi connectivity index (χ3n) is 3.82. The van der Waals surface area contributed by atoms with E-state index in [1.165, 1.54) is 6.92 Å². The molecule has 4 atom stereocenters. The van der Waals surface area contributed by atoms with Gasteiger partial charge in [-0.3, -0.25) is 4.79 Å². The summed E-state index contributed by atoms with van der Waals surface area (Å²) in [5.41, 5.74) is 16.3. The van der Waals surface area contributed by atoms with E-state index in [4.69, 9.17) is 21.6 Å². The van der Waals surface area contributed by atoms with Gasteiger partial charge in [0.25, 0.3) is 0 Å². The lowest BCUT2D eigenvalue weighted by Gasteiger charge is -2.18. The van der Waals surface area contributed by atoms with Gasteiger partial charge in [-0.2, -0.15) is 0 Å². The topological polar surface area (TPSA) is 233 Å². The van der Waals surface area contributed by atoms with Crippen LogP contribution in [-0.2, 0) is 9.59 Å². The van der Waals surface area contributed by atoms with Gasteiger partial charge in [0.2, 0.25) is 17.7 Å². The number of nitrogens with two attached hydrogens (primary N) is 3. The number of nitrogens with zero attached hydrogens (tertiary/aromatic N) is 2. The van der Waals surface area contributed by atoms with Gasteiger partial charge in [0.1, 0.15) is 18.1 Å². The summed E-state index contributed by atoms with van der Waals surface area (Å²) in [5.74, 6) is -2.22. The lowest BCUT2D eigenvalue weighted by atomic mass is 10.1. The number of primary amides is 1. The maximum Gasteiger partial charge on any atom is 0.326 e. The number of aliphatic hydroxyl groups is 1. The molecule has 13 nitrogen and oxygen atoms in total. The molecule has 28 heavy (non-hydrogen) atoms. The molecule has 3 amide bonds. The van der Waals surface area contributed by atoms with E-state index in [9.17, 15) is 24.6 Å². The molecule has 0 fully saturated rings. The maximum absolute atomic E-state index is 12.2. The van der Waals surface area contributed by atoms with Crippen LogP contribution in [0.2, 0.25) is 0 Å². The van der Waals surface area contributed by atoms with Crippen LogP contribution in [0.3, 0.4) is 0 Å². The summed E-state index contributed by atoms with van der Waals surface area (Å²) in [7, 11) is 0. The van der Waals surface area contributed by atoms with E-state index in [1.807, 2.05) is 0 Å². The van der Waals surface area contributed by atoms with Crippen LogP contribution in [0.15, 0.2) is 4.42 Å². The summed E-state index contributed by atoms with van der Waals surface area (Å²) < 4.78 is 5.31. The summed E-state index contributed by atoms with van der Waals surface area (Å²) in [5, 5.41) is 30.8. The van der Waals surface area contributed by atoms with Crippen molar-refractivity contribution in [2.75, 3.05) is 6.54 Å². The molecule has 0 aliphatic rings. The number of rotatable bonds is 12. The van der Waals surface area contributed by atoms with Crippen molar-refractivity contribution < 1.29 is 29.0 Å². The number of amides is 3. The molecule has 0 aromatic carbocycles. The van der Waals surface area contributed by atoms with E-state index in [1.54, 1.807) is 0 Å². The first kappa shape index (κ1) is 23.3. The minimum Gasteiger partial charge on any atom is -0.480 e. The van der Waals surface area contributed by atoms with Gasteiger partial charge in [-0.15, -0.1) is 10.2 Å². The molecule has 10 N–H and O–H groups in total. The number of nitrogens with one attached hydrogen (secondary N) is 2. The smallest absolute Gasteiger partial charge is 0.326 e. The first-order valence-electron chi connectivity index (χ1n) is 8.70. The van der Waals surface area contributed by atoms with Crippen LogP contribution in [-0.4, -0.2) is 57.0 Å². The average Bonchev–Trinajstić information content (AvgIpc) is 3.09. The van der Waals surface area contributed by atoms with Gasteiger partial charge < -0.3 is 42.5 Å². The summed E-state index contributed by atoms with van der Waals surface area (Å²) in [6, 6.07) is -4.05. The van der Waals surface area contributed by atoms with Gasteiger partial charge in [-0.1, -0.05) is 0 Å². The third kappa shape index (κ3) is 7.46. The van der Waals surface area contributed by atoms with Crippen LogP contribution in [0.25, 0.3) is 0 Å². The normalized spacial score (nSPS) is 15.3. The third-order valence-corrected chi connectivity index (χ3v) is 3.82. The average molecular weight is 401 g/mol. The number of urea groups is 1. The molecular weight excluding hydrogens is 374 g/mol. The first-order valence-corrected chi connectivity index (χ1v) is 8.70. The van der Waals surface area contributed by atoms with Gasteiger partial charge >= 0.3 is 12.0 Å². The highest BCUT2D eigenvalue weighted by Gasteiger charge is 2.27. The Bertz CT molecular complexity index is 665. The Morgan fingerprint density at radius 3 is 2.36 bits per heavy atom. The van der Waals surface area contributed by atoms with E-state index >= 15 is 0 Å². The molecule has 0 aliphatic carbocycles. The largest absolute Gasteiger partial charge is 0.480 e. The van der Waals surface area contributed by atoms with Gasteiger partial charge in [0.05, 0.1) is 12.5 Å². The van der Waals surface area contributed by atoms with Crippen LogP contribution in [0, 0.1) is 0 Å². The van der Waals surface area contributed by atoms with Crippen molar-refractivity contribution in [2.24, 2.45) is 17.2 Å². The van der Waals surface area contributed by atoms with Crippen molar-refractivity contribution in [3.63, 3.8) is 0 Å². The summed E-state index contributed by atoms with van der Waals surface area (Å²) >= 11 is 0. The van der Waals surface area contributed by atoms with E-state index in [0.29, 0.717) is 19.4 Å². The highest BCUT2D eigenvalue weighted by Crippen LogP contribution is 2.19. The van der Waals surface area contributed by atoms with E-state index in [0.717, 1.165) is 0 Å². The van der Waals surface area contributed by atoms with Crippen LogP contribution < -0.4 is 27.8 Å². The molecule has 1 rings (SSSR count). The molecule has 0 saturated heterocycles. The molecule has 13 heteroatoms. The summed E-state index contributed by atoms with van der Waals surface area (Å²) in [6.07, 6.45) is -0.0175. The van der Waals surface area contributed by atoms with E-state index < -0.39 is 42.1 Å². The van der Waals surface area contributed by atoms with Gasteiger partial charge in [0, 0.05) is 0 Å². The number of carboxylic acids is 1. The number of hydrogen-bond donors (Lipinski definition) is 7. The Hall–Kier alpha value is -2.77. The number of carbonyl (C=O) groups excluding carboxylic acids is 2.